The second-order valence-corrected chi connectivity index (χ2v) is 5.59. The van der Waals surface area contributed by atoms with Crippen LogP contribution in [0.25, 0.3) is 0 Å². The Hall–Kier alpha value is -1.49. The largest absolute Gasteiger partial charge is 0.340 e. The van der Waals surface area contributed by atoms with Gasteiger partial charge in [-0.1, -0.05) is 12.1 Å². The molecule has 5 heteroatoms. The summed E-state index contributed by atoms with van der Waals surface area (Å²) in [5.74, 6) is -1.04. The lowest BCUT2D eigenvalue weighted by Crippen LogP contribution is -2.48. The van der Waals surface area contributed by atoms with Gasteiger partial charge in [0.2, 0.25) is 5.91 Å². The zero-order valence-electron chi connectivity index (χ0n) is 11.3. The Labute approximate surface area is 117 Å². The number of piperazine rings is 1. The summed E-state index contributed by atoms with van der Waals surface area (Å²) >= 11 is 0. The molecule has 1 saturated heterocycles. The number of benzene rings is 1. The SMILES string of the molecule is O=C(C1CC1)N1CCN(Cc2cccc(F)c2F)CC1. The summed E-state index contributed by atoms with van der Waals surface area (Å²) in [5, 5.41) is 0. The molecule has 1 aliphatic heterocycles. The molecule has 0 radical (unpaired) electrons. The van der Waals surface area contributed by atoms with E-state index in [0.29, 0.717) is 38.3 Å². The number of amides is 1. The Bertz CT molecular complexity index is 509. The summed E-state index contributed by atoms with van der Waals surface area (Å²) in [4.78, 5) is 15.9. The van der Waals surface area contributed by atoms with E-state index in [-0.39, 0.29) is 11.8 Å². The number of hydrogen-bond donors (Lipinski definition) is 0. The van der Waals surface area contributed by atoms with Crippen molar-refractivity contribution in [1.82, 2.24) is 9.80 Å². The second kappa shape index (κ2) is 5.48. The van der Waals surface area contributed by atoms with Crippen LogP contribution in [0.3, 0.4) is 0 Å². The molecule has 0 N–H and O–H groups in total. The van der Waals surface area contributed by atoms with Gasteiger partial charge in [-0.3, -0.25) is 9.69 Å². The normalized spacial score (nSPS) is 20.2. The number of hydrogen-bond acceptors (Lipinski definition) is 2. The van der Waals surface area contributed by atoms with Crippen molar-refractivity contribution in [2.24, 2.45) is 5.92 Å². The highest BCUT2D eigenvalue weighted by molar-refractivity contribution is 5.81. The molecular weight excluding hydrogens is 262 g/mol. The number of carbonyl (C=O) groups excluding carboxylic acids is 1. The average Bonchev–Trinajstić information content (AvgIpc) is 3.29. The van der Waals surface area contributed by atoms with Crippen molar-refractivity contribution in [2.75, 3.05) is 26.2 Å². The minimum Gasteiger partial charge on any atom is -0.340 e. The summed E-state index contributed by atoms with van der Waals surface area (Å²) in [6, 6.07) is 4.27. The van der Waals surface area contributed by atoms with Gasteiger partial charge >= 0.3 is 0 Å². The van der Waals surface area contributed by atoms with Gasteiger partial charge in [-0.05, 0) is 18.9 Å². The van der Waals surface area contributed by atoms with E-state index in [4.69, 9.17) is 0 Å². The van der Waals surface area contributed by atoms with Crippen molar-refractivity contribution in [1.29, 1.82) is 0 Å². The third kappa shape index (κ3) is 2.82. The number of nitrogens with zero attached hydrogens (tertiary/aromatic N) is 2. The van der Waals surface area contributed by atoms with Crippen LogP contribution in [-0.4, -0.2) is 41.9 Å². The molecule has 1 aromatic rings. The van der Waals surface area contributed by atoms with E-state index in [0.717, 1.165) is 18.9 Å². The minimum atomic E-state index is -0.801. The van der Waals surface area contributed by atoms with Crippen molar-refractivity contribution in [3.05, 3.63) is 35.4 Å². The van der Waals surface area contributed by atoms with E-state index >= 15 is 0 Å². The van der Waals surface area contributed by atoms with Crippen LogP contribution in [0.2, 0.25) is 0 Å². The van der Waals surface area contributed by atoms with Crippen LogP contribution >= 0.6 is 0 Å². The fourth-order valence-electron chi connectivity index (χ4n) is 2.63. The molecule has 108 valence electrons. The van der Waals surface area contributed by atoms with Gasteiger partial charge in [0.25, 0.3) is 0 Å². The summed E-state index contributed by atoms with van der Waals surface area (Å²) < 4.78 is 26.8. The van der Waals surface area contributed by atoms with Gasteiger partial charge in [0.1, 0.15) is 0 Å². The van der Waals surface area contributed by atoms with E-state index in [9.17, 15) is 13.6 Å². The summed E-state index contributed by atoms with van der Waals surface area (Å²) in [7, 11) is 0. The standard InChI is InChI=1S/C15H18F2N2O/c16-13-3-1-2-12(14(13)17)10-18-6-8-19(9-7-18)15(20)11-4-5-11/h1-3,11H,4-10H2. The summed E-state index contributed by atoms with van der Waals surface area (Å²) in [5.41, 5.74) is 0.381. The molecule has 3 nitrogen and oxygen atoms in total. The first kappa shape index (κ1) is 13.5. The first-order chi connectivity index (χ1) is 9.65. The molecule has 3 rings (SSSR count). The molecule has 1 aliphatic carbocycles. The van der Waals surface area contributed by atoms with Gasteiger partial charge in [-0.15, -0.1) is 0 Å². The Balaban J connectivity index is 1.55. The molecule has 20 heavy (non-hydrogen) atoms. The lowest BCUT2D eigenvalue weighted by Gasteiger charge is -2.35. The average molecular weight is 280 g/mol. The van der Waals surface area contributed by atoms with Crippen LogP contribution in [-0.2, 0) is 11.3 Å². The molecule has 0 unspecified atom stereocenters. The maximum absolute atomic E-state index is 13.6. The third-order valence-electron chi connectivity index (χ3n) is 4.04. The van der Waals surface area contributed by atoms with Crippen molar-refractivity contribution in [2.45, 2.75) is 19.4 Å². The quantitative estimate of drug-likeness (QED) is 0.845. The van der Waals surface area contributed by atoms with Crippen molar-refractivity contribution in [3.63, 3.8) is 0 Å². The molecule has 2 fully saturated rings. The fraction of sp³-hybridized carbons (Fsp3) is 0.533. The van der Waals surface area contributed by atoms with Crippen molar-refractivity contribution < 1.29 is 13.6 Å². The lowest BCUT2D eigenvalue weighted by atomic mass is 10.1. The first-order valence-corrected chi connectivity index (χ1v) is 7.09. The van der Waals surface area contributed by atoms with E-state index in [1.54, 1.807) is 6.07 Å². The van der Waals surface area contributed by atoms with Gasteiger partial charge in [-0.25, -0.2) is 8.78 Å². The zero-order chi connectivity index (χ0) is 14.1. The van der Waals surface area contributed by atoms with Gasteiger partial charge in [0.05, 0.1) is 0 Å². The first-order valence-electron chi connectivity index (χ1n) is 7.09. The van der Waals surface area contributed by atoms with Crippen molar-refractivity contribution >= 4 is 5.91 Å². The predicted molar refractivity (Wildman–Crippen MR) is 70.9 cm³/mol. The Kier molecular flexibility index (Phi) is 3.70. The van der Waals surface area contributed by atoms with Gasteiger partial charge in [-0.2, -0.15) is 0 Å². The molecule has 2 aliphatic rings. The van der Waals surface area contributed by atoms with Gasteiger partial charge in [0, 0.05) is 44.2 Å². The van der Waals surface area contributed by atoms with Crippen LogP contribution in [0.4, 0.5) is 8.78 Å². The number of halogens is 2. The van der Waals surface area contributed by atoms with Crippen LogP contribution in [0.15, 0.2) is 18.2 Å². The monoisotopic (exact) mass is 280 g/mol. The van der Waals surface area contributed by atoms with E-state index in [1.807, 2.05) is 4.90 Å². The Morgan fingerprint density at radius 3 is 2.50 bits per heavy atom. The zero-order valence-corrected chi connectivity index (χ0v) is 11.3. The van der Waals surface area contributed by atoms with Crippen LogP contribution < -0.4 is 0 Å². The molecule has 0 aromatic heterocycles. The second-order valence-electron chi connectivity index (χ2n) is 5.59. The molecular formula is C15H18F2N2O. The molecule has 1 aromatic carbocycles. The van der Waals surface area contributed by atoms with Gasteiger partial charge < -0.3 is 4.90 Å². The highest BCUT2D eigenvalue weighted by atomic mass is 19.2. The van der Waals surface area contributed by atoms with Gasteiger partial charge in [0.15, 0.2) is 11.6 Å². The topological polar surface area (TPSA) is 23.6 Å². The Morgan fingerprint density at radius 2 is 1.85 bits per heavy atom. The number of rotatable bonds is 3. The van der Waals surface area contributed by atoms with Crippen LogP contribution in [0.1, 0.15) is 18.4 Å². The maximum atomic E-state index is 13.6. The fourth-order valence-corrected chi connectivity index (χ4v) is 2.63. The molecule has 1 amide bonds. The highest BCUT2D eigenvalue weighted by Crippen LogP contribution is 2.31. The third-order valence-corrected chi connectivity index (χ3v) is 4.04. The summed E-state index contributed by atoms with van der Waals surface area (Å²) in [6.07, 6.45) is 2.04. The van der Waals surface area contributed by atoms with Crippen LogP contribution in [0, 0.1) is 17.6 Å². The van der Waals surface area contributed by atoms with E-state index < -0.39 is 11.6 Å². The van der Waals surface area contributed by atoms with Crippen LogP contribution in [0.5, 0.6) is 0 Å². The molecule has 0 bridgehead atoms. The lowest BCUT2D eigenvalue weighted by molar-refractivity contribution is -0.134. The minimum absolute atomic E-state index is 0.252. The highest BCUT2D eigenvalue weighted by Gasteiger charge is 2.34. The molecule has 0 atom stereocenters. The molecule has 0 spiro atoms. The van der Waals surface area contributed by atoms with Crippen molar-refractivity contribution in [3.8, 4) is 0 Å². The smallest absolute Gasteiger partial charge is 0.225 e. The molecule has 1 saturated carbocycles. The summed E-state index contributed by atoms with van der Waals surface area (Å²) in [6.45, 7) is 3.20. The van der Waals surface area contributed by atoms with E-state index in [2.05, 4.69) is 4.90 Å². The van der Waals surface area contributed by atoms with E-state index in [1.165, 1.54) is 6.07 Å². The Morgan fingerprint density at radius 1 is 1.15 bits per heavy atom. The molecule has 1 heterocycles. The number of carbonyl (C=O) groups is 1. The maximum Gasteiger partial charge on any atom is 0.225 e. The predicted octanol–water partition coefficient (Wildman–Crippen LogP) is 2.02.